The molecule has 1 atom stereocenters. The second-order valence-electron chi connectivity index (χ2n) is 5.34. The lowest BCUT2D eigenvalue weighted by molar-refractivity contribution is 0.548. The first kappa shape index (κ1) is 11.0. The molecule has 0 N–H and O–H groups in total. The summed E-state index contributed by atoms with van der Waals surface area (Å²) in [6.45, 7) is 9.31. The summed E-state index contributed by atoms with van der Waals surface area (Å²) >= 11 is 0. The lowest BCUT2D eigenvalue weighted by atomic mass is 9.74. The highest BCUT2D eigenvalue weighted by molar-refractivity contribution is 5.38. The minimum absolute atomic E-state index is 0.792. The number of hydrogen-bond donors (Lipinski definition) is 0. The van der Waals surface area contributed by atoms with Crippen LogP contribution in [0.25, 0.3) is 0 Å². The third-order valence-electron chi connectivity index (χ3n) is 4.54. The Morgan fingerprint density at radius 2 is 1.60 bits per heavy atom. The zero-order valence-electron chi connectivity index (χ0n) is 10.6. The van der Waals surface area contributed by atoms with E-state index in [-0.39, 0.29) is 0 Å². The average Bonchev–Trinajstić information content (AvgIpc) is 2.53. The van der Waals surface area contributed by atoms with Gasteiger partial charge in [-0.1, -0.05) is 22.3 Å². The second-order valence-corrected chi connectivity index (χ2v) is 5.34. The van der Waals surface area contributed by atoms with Crippen LogP contribution in [-0.4, -0.2) is 0 Å². The van der Waals surface area contributed by atoms with Gasteiger partial charge in [-0.2, -0.15) is 0 Å². The zero-order chi connectivity index (χ0) is 11.0. The molecule has 1 radical (unpaired) electrons. The van der Waals surface area contributed by atoms with Crippen LogP contribution < -0.4 is 0 Å². The molecule has 0 aromatic heterocycles. The monoisotopic (exact) mass is 203 g/mol. The predicted octanol–water partition coefficient (Wildman–Crippen LogP) is 4.83. The molecule has 0 aromatic rings. The van der Waals surface area contributed by atoms with Gasteiger partial charge >= 0.3 is 0 Å². The summed E-state index contributed by atoms with van der Waals surface area (Å²) in [6, 6.07) is 0. The van der Waals surface area contributed by atoms with Crippen LogP contribution in [0.5, 0.6) is 0 Å². The van der Waals surface area contributed by atoms with Gasteiger partial charge in [-0.05, 0) is 65.7 Å². The summed E-state index contributed by atoms with van der Waals surface area (Å²) < 4.78 is 0. The summed E-state index contributed by atoms with van der Waals surface area (Å²) in [6.07, 6.45) is 6.74. The van der Waals surface area contributed by atoms with Crippen molar-refractivity contribution >= 4 is 0 Å². The van der Waals surface area contributed by atoms with Gasteiger partial charge in [-0.25, -0.2) is 0 Å². The summed E-state index contributed by atoms with van der Waals surface area (Å²) in [5.74, 6) is 2.55. The van der Waals surface area contributed by atoms with Crippen LogP contribution in [-0.2, 0) is 0 Å². The summed E-state index contributed by atoms with van der Waals surface area (Å²) in [4.78, 5) is 0. The van der Waals surface area contributed by atoms with Crippen molar-refractivity contribution in [3.63, 3.8) is 0 Å². The fraction of sp³-hybridized carbons (Fsp3) is 0.667. The molecule has 0 fully saturated rings. The molecule has 0 aromatic carbocycles. The highest BCUT2D eigenvalue weighted by atomic mass is 14.4. The van der Waals surface area contributed by atoms with Crippen molar-refractivity contribution in [1.29, 1.82) is 0 Å². The van der Waals surface area contributed by atoms with Crippen LogP contribution in [0.15, 0.2) is 22.3 Å². The van der Waals surface area contributed by atoms with E-state index in [9.17, 15) is 0 Å². The summed E-state index contributed by atoms with van der Waals surface area (Å²) in [5.41, 5.74) is 6.57. The maximum atomic E-state index is 2.34. The fourth-order valence-corrected chi connectivity index (χ4v) is 3.14. The van der Waals surface area contributed by atoms with Crippen molar-refractivity contribution in [3.8, 4) is 0 Å². The lowest BCUT2D eigenvalue weighted by Crippen LogP contribution is -2.17. The SMILES string of the molecule is CC1=C(C)[C](C2CCC(C)=C2C)CCC1. The Labute approximate surface area is 94.5 Å². The highest BCUT2D eigenvalue weighted by Crippen LogP contribution is 2.45. The van der Waals surface area contributed by atoms with Crippen molar-refractivity contribution in [2.24, 2.45) is 5.92 Å². The number of allylic oxidation sites excluding steroid dienone is 4. The van der Waals surface area contributed by atoms with Gasteiger partial charge in [0.05, 0.1) is 0 Å². The topological polar surface area (TPSA) is 0 Å². The molecule has 0 aliphatic heterocycles. The molecule has 2 aliphatic carbocycles. The maximum absolute atomic E-state index is 2.34. The van der Waals surface area contributed by atoms with Crippen molar-refractivity contribution in [3.05, 3.63) is 28.2 Å². The smallest absolute Gasteiger partial charge is 0.00765 e. The first-order valence-electron chi connectivity index (χ1n) is 6.30. The minimum Gasteiger partial charge on any atom is -0.0741 e. The van der Waals surface area contributed by atoms with Crippen LogP contribution >= 0.6 is 0 Å². The Hall–Kier alpha value is -0.520. The Morgan fingerprint density at radius 3 is 2.20 bits per heavy atom. The molecule has 15 heavy (non-hydrogen) atoms. The maximum Gasteiger partial charge on any atom is 0.00765 e. The van der Waals surface area contributed by atoms with Crippen molar-refractivity contribution < 1.29 is 0 Å². The Balaban J connectivity index is 2.22. The fourth-order valence-electron chi connectivity index (χ4n) is 3.14. The Morgan fingerprint density at radius 1 is 0.867 bits per heavy atom. The summed E-state index contributed by atoms with van der Waals surface area (Å²) in [5, 5.41) is 0. The van der Waals surface area contributed by atoms with Gasteiger partial charge in [0.25, 0.3) is 0 Å². The number of hydrogen-bond acceptors (Lipinski definition) is 0. The lowest BCUT2D eigenvalue weighted by Gasteiger charge is -2.30. The van der Waals surface area contributed by atoms with Crippen LogP contribution in [0.4, 0.5) is 0 Å². The molecule has 83 valence electrons. The second kappa shape index (κ2) is 4.15. The van der Waals surface area contributed by atoms with E-state index in [0.29, 0.717) is 0 Å². The van der Waals surface area contributed by atoms with E-state index < -0.39 is 0 Å². The predicted molar refractivity (Wildman–Crippen MR) is 66.6 cm³/mol. The van der Waals surface area contributed by atoms with E-state index in [1.165, 1.54) is 32.1 Å². The van der Waals surface area contributed by atoms with E-state index in [2.05, 4.69) is 27.7 Å². The Bertz CT molecular complexity index is 317. The van der Waals surface area contributed by atoms with E-state index in [1.807, 2.05) is 0 Å². The molecule has 0 saturated heterocycles. The van der Waals surface area contributed by atoms with Crippen LogP contribution in [0.1, 0.15) is 59.8 Å². The molecule has 0 heteroatoms. The third-order valence-corrected chi connectivity index (χ3v) is 4.54. The van der Waals surface area contributed by atoms with Crippen LogP contribution in [0, 0.1) is 11.8 Å². The molecular formula is C15H23. The molecular weight excluding hydrogens is 180 g/mol. The van der Waals surface area contributed by atoms with Gasteiger partial charge < -0.3 is 0 Å². The van der Waals surface area contributed by atoms with Gasteiger partial charge in [-0.15, -0.1) is 0 Å². The normalized spacial score (nSPS) is 29.2. The van der Waals surface area contributed by atoms with E-state index >= 15 is 0 Å². The van der Waals surface area contributed by atoms with E-state index in [1.54, 1.807) is 28.2 Å². The van der Waals surface area contributed by atoms with Crippen molar-refractivity contribution in [2.75, 3.05) is 0 Å². The van der Waals surface area contributed by atoms with Gasteiger partial charge in [0.15, 0.2) is 0 Å². The van der Waals surface area contributed by atoms with Gasteiger partial charge in [0.2, 0.25) is 0 Å². The van der Waals surface area contributed by atoms with E-state index in [0.717, 1.165) is 5.92 Å². The Kier molecular flexibility index (Phi) is 3.04. The van der Waals surface area contributed by atoms with Crippen molar-refractivity contribution in [1.82, 2.24) is 0 Å². The average molecular weight is 203 g/mol. The minimum atomic E-state index is 0.792. The largest absolute Gasteiger partial charge is 0.0741 e. The molecule has 0 saturated carbocycles. The molecule has 0 amide bonds. The molecule has 0 spiro atoms. The number of rotatable bonds is 1. The quantitative estimate of drug-likeness (QED) is 0.536. The van der Waals surface area contributed by atoms with Gasteiger partial charge in [0.1, 0.15) is 0 Å². The molecule has 0 nitrogen and oxygen atoms in total. The molecule has 2 aliphatic rings. The first-order chi connectivity index (χ1) is 7.11. The van der Waals surface area contributed by atoms with Gasteiger partial charge in [-0.3, -0.25) is 0 Å². The standard InChI is InChI=1S/C15H23/c1-10-6-5-7-14(12(10)3)15-9-8-11(2)13(15)4/h15H,5-9H2,1-4H3. The molecule has 0 heterocycles. The molecule has 1 unspecified atom stereocenters. The van der Waals surface area contributed by atoms with Crippen molar-refractivity contribution in [2.45, 2.75) is 59.8 Å². The molecule has 2 rings (SSSR count). The molecule has 0 bridgehead atoms. The third kappa shape index (κ3) is 1.91. The zero-order valence-corrected chi connectivity index (χ0v) is 10.6. The van der Waals surface area contributed by atoms with Crippen LogP contribution in [0.2, 0.25) is 0 Å². The van der Waals surface area contributed by atoms with Crippen LogP contribution in [0.3, 0.4) is 0 Å². The van der Waals surface area contributed by atoms with E-state index in [4.69, 9.17) is 0 Å². The highest BCUT2D eigenvalue weighted by Gasteiger charge is 2.31. The van der Waals surface area contributed by atoms with Gasteiger partial charge in [0, 0.05) is 5.92 Å². The first-order valence-corrected chi connectivity index (χ1v) is 6.30. The summed E-state index contributed by atoms with van der Waals surface area (Å²) in [7, 11) is 0.